The molecule has 0 aliphatic rings. The molecule has 4 aromatic carbocycles. The summed E-state index contributed by atoms with van der Waals surface area (Å²) in [5, 5.41) is 5.25. The lowest BCUT2D eigenvalue weighted by molar-refractivity contribution is 1.18. The van der Waals surface area contributed by atoms with Crippen molar-refractivity contribution in [1.82, 2.24) is 4.57 Å². The third kappa shape index (κ3) is 2.22. The van der Waals surface area contributed by atoms with Crippen molar-refractivity contribution in [2.45, 2.75) is 0 Å². The number of aromatic nitrogens is 1. The van der Waals surface area contributed by atoms with E-state index in [0.29, 0.717) is 0 Å². The number of benzene rings is 4. The molecule has 0 radical (unpaired) electrons. The molecule has 0 atom stereocenters. The van der Waals surface area contributed by atoms with E-state index in [4.69, 9.17) is 0 Å². The van der Waals surface area contributed by atoms with Gasteiger partial charge in [0.25, 0.3) is 0 Å². The van der Waals surface area contributed by atoms with Crippen molar-refractivity contribution in [3.63, 3.8) is 0 Å². The number of hydrogen-bond acceptors (Lipinski definition) is 1. The highest BCUT2D eigenvalue weighted by atomic mass is 79.9. The van der Waals surface area contributed by atoms with Crippen molar-refractivity contribution in [2.75, 3.05) is 0 Å². The van der Waals surface area contributed by atoms with Gasteiger partial charge >= 0.3 is 0 Å². The number of rotatable bonds is 1. The third-order valence-electron chi connectivity index (χ3n) is 5.24. The van der Waals surface area contributed by atoms with E-state index in [1.807, 2.05) is 11.3 Å². The monoisotopic (exact) mass is 427 g/mol. The van der Waals surface area contributed by atoms with Crippen LogP contribution in [0.3, 0.4) is 0 Å². The lowest BCUT2D eigenvalue weighted by Crippen LogP contribution is -1.92. The Balaban J connectivity index is 1.86. The minimum Gasteiger partial charge on any atom is -0.309 e. The molecule has 0 N–H and O–H groups in total. The number of fused-ring (bicyclic) bond motifs is 6. The predicted molar refractivity (Wildman–Crippen MR) is 121 cm³/mol. The standard InChI is InChI=1S/C24H14BrNS/c25-15-10-11-21-18(12-15)19-14-24-20(17-8-4-5-9-23(17)27-24)13-22(19)26(21)16-6-2-1-3-7-16/h1-14H. The van der Waals surface area contributed by atoms with Gasteiger partial charge in [-0.2, -0.15) is 0 Å². The lowest BCUT2D eigenvalue weighted by atomic mass is 10.1. The topological polar surface area (TPSA) is 4.93 Å². The van der Waals surface area contributed by atoms with E-state index >= 15 is 0 Å². The average Bonchev–Trinajstić information content (AvgIpc) is 3.22. The lowest BCUT2D eigenvalue weighted by Gasteiger charge is -2.07. The van der Waals surface area contributed by atoms with Gasteiger partial charge in [-0.15, -0.1) is 11.3 Å². The molecular weight excluding hydrogens is 414 g/mol. The molecular formula is C24H14BrNS. The van der Waals surface area contributed by atoms with Gasteiger partial charge in [0.2, 0.25) is 0 Å². The Hall–Kier alpha value is -2.62. The van der Waals surface area contributed by atoms with Crippen LogP contribution in [0.25, 0.3) is 47.7 Å². The van der Waals surface area contributed by atoms with Gasteiger partial charge in [0.05, 0.1) is 11.0 Å². The predicted octanol–water partition coefficient (Wildman–Crippen LogP) is 7.91. The van der Waals surface area contributed by atoms with E-state index in [1.54, 1.807) is 0 Å². The number of nitrogens with zero attached hydrogens (tertiary/aromatic N) is 1. The van der Waals surface area contributed by atoms with Gasteiger partial charge in [-0.1, -0.05) is 52.3 Å². The first-order valence-electron chi connectivity index (χ1n) is 8.90. The largest absolute Gasteiger partial charge is 0.309 e. The van der Waals surface area contributed by atoms with Crippen LogP contribution in [0.2, 0.25) is 0 Å². The third-order valence-corrected chi connectivity index (χ3v) is 6.87. The number of thiophene rings is 1. The van der Waals surface area contributed by atoms with Gasteiger partial charge in [0, 0.05) is 41.1 Å². The van der Waals surface area contributed by atoms with Crippen LogP contribution in [0.1, 0.15) is 0 Å². The van der Waals surface area contributed by atoms with Crippen LogP contribution in [0, 0.1) is 0 Å². The molecule has 0 aliphatic carbocycles. The zero-order valence-electron chi connectivity index (χ0n) is 14.3. The van der Waals surface area contributed by atoms with E-state index in [1.165, 1.54) is 47.7 Å². The minimum absolute atomic E-state index is 1.11. The summed E-state index contributed by atoms with van der Waals surface area (Å²) >= 11 is 5.53. The van der Waals surface area contributed by atoms with Crippen molar-refractivity contribution in [2.24, 2.45) is 0 Å². The van der Waals surface area contributed by atoms with Gasteiger partial charge in [-0.05, 0) is 48.5 Å². The molecule has 27 heavy (non-hydrogen) atoms. The first-order valence-corrected chi connectivity index (χ1v) is 10.5. The molecule has 6 aromatic rings. The van der Waals surface area contributed by atoms with Gasteiger partial charge in [0.15, 0.2) is 0 Å². The van der Waals surface area contributed by atoms with E-state index in [0.717, 1.165) is 4.47 Å². The van der Waals surface area contributed by atoms with Crippen LogP contribution in [0.5, 0.6) is 0 Å². The highest BCUT2D eigenvalue weighted by molar-refractivity contribution is 9.10. The zero-order chi connectivity index (χ0) is 18.0. The normalized spacial score (nSPS) is 11.9. The molecule has 0 unspecified atom stereocenters. The second-order valence-electron chi connectivity index (χ2n) is 6.80. The molecule has 2 heterocycles. The zero-order valence-corrected chi connectivity index (χ0v) is 16.7. The van der Waals surface area contributed by atoms with E-state index in [-0.39, 0.29) is 0 Å². The molecule has 128 valence electrons. The second-order valence-corrected chi connectivity index (χ2v) is 8.80. The highest BCUT2D eigenvalue weighted by Crippen LogP contribution is 2.40. The Bertz CT molecular complexity index is 1470. The molecule has 6 rings (SSSR count). The van der Waals surface area contributed by atoms with Crippen LogP contribution in [0.4, 0.5) is 0 Å². The van der Waals surface area contributed by atoms with Crippen LogP contribution >= 0.6 is 27.3 Å². The maximum absolute atomic E-state index is 3.65. The highest BCUT2D eigenvalue weighted by Gasteiger charge is 2.15. The Morgan fingerprint density at radius 3 is 2.26 bits per heavy atom. The minimum atomic E-state index is 1.11. The number of halogens is 1. The summed E-state index contributed by atoms with van der Waals surface area (Å²) < 4.78 is 6.18. The van der Waals surface area contributed by atoms with Gasteiger partial charge in [-0.25, -0.2) is 0 Å². The number of para-hydroxylation sites is 1. The summed E-state index contributed by atoms with van der Waals surface area (Å²) in [4.78, 5) is 0. The summed E-state index contributed by atoms with van der Waals surface area (Å²) in [5.74, 6) is 0. The molecule has 0 fully saturated rings. The molecule has 0 amide bonds. The smallest absolute Gasteiger partial charge is 0.0548 e. The van der Waals surface area contributed by atoms with Crippen LogP contribution in [-0.4, -0.2) is 4.57 Å². The van der Waals surface area contributed by atoms with Crippen molar-refractivity contribution in [1.29, 1.82) is 0 Å². The fourth-order valence-corrected chi connectivity index (χ4v) is 5.55. The van der Waals surface area contributed by atoms with Crippen LogP contribution in [-0.2, 0) is 0 Å². The summed E-state index contributed by atoms with van der Waals surface area (Å²) in [7, 11) is 0. The van der Waals surface area contributed by atoms with Crippen molar-refractivity contribution in [3.8, 4) is 5.69 Å². The van der Waals surface area contributed by atoms with Gasteiger partial charge < -0.3 is 4.57 Å². The number of hydrogen-bond donors (Lipinski definition) is 0. The molecule has 1 nitrogen and oxygen atoms in total. The summed E-state index contributed by atoms with van der Waals surface area (Å²) in [6.45, 7) is 0. The van der Waals surface area contributed by atoms with Crippen LogP contribution in [0.15, 0.2) is 89.4 Å². The Morgan fingerprint density at radius 2 is 1.37 bits per heavy atom. The molecule has 0 bridgehead atoms. The van der Waals surface area contributed by atoms with Gasteiger partial charge in [-0.3, -0.25) is 0 Å². The summed E-state index contributed by atoms with van der Waals surface area (Å²) in [6.07, 6.45) is 0. The van der Waals surface area contributed by atoms with E-state index in [9.17, 15) is 0 Å². The SMILES string of the molecule is Brc1ccc2c(c1)c1cc3sc4ccccc4c3cc1n2-c1ccccc1. The van der Waals surface area contributed by atoms with E-state index < -0.39 is 0 Å². The fraction of sp³-hybridized carbons (Fsp3) is 0. The molecule has 0 aliphatic heterocycles. The van der Waals surface area contributed by atoms with Crippen LogP contribution < -0.4 is 0 Å². The quantitative estimate of drug-likeness (QED) is 0.251. The molecule has 2 aromatic heterocycles. The summed E-state index contributed by atoms with van der Waals surface area (Å²) in [6, 6.07) is 30.6. The Kier molecular flexibility index (Phi) is 3.25. The molecule has 3 heteroatoms. The maximum atomic E-state index is 3.65. The van der Waals surface area contributed by atoms with Gasteiger partial charge in [0.1, 0.15) is 0 Å². The maximum Gasteiger partial charge on any atom is 0.0548 e. The second kappa shape index (κ2) is 5.69. The fourth-order valence-electron chi connectivity index (χ4n) is 4.06. The first-order chi connectivity index (χ1) is 13.3. The van der Waals surface area contributed by atoms with Crippen molar-refractivity contribution in [3.05, 3.63) is 89.4 Å². The molecule has 0 saturated carbocycles. The van der Waals surface area contributed by atoms with Crippen molar-refractivity contribution >= 4 is 69.2 Å². The average molecular weight is 428 g/mol. The Labute approximate surface area is 168 Å². The molecule has 0 saturated heterocycles. The summed E-state index contributed by atoms with van der Waals surface area (Å²) in [5.41, 5.74) is 3.69. The Morgan fingerprint density at radius 1 is 0.593 bits per heavy atom. The first kappa shape index (κ1) is 15.4. The molecule has 0 spiro atoms. The van der Waals surface area contributed by atoms with Crippen molar-refractivity contribution < 1.29 is 0 Å². The van der Waals surface area contributed by atoms with E-state index in [2.05, 4.69) is 105 Å².